The number of alkyl halides is 4. The minimum absolute atomic E-state index is 0.0721. The summed E-state index contributed by atoms with van der Waals surface area (Å²) in [7, 11) is 0. The van der Waals surface area contributed by atoms with Gasteiger partial charge in [-0.1, -0.05) is 0 Å². The fraction of sp³-hybridized carbons (Fsp3) is 0.524. The third-order valence-corrected chi connectivity index (χ3v) is 5.96. The first-order chi connectivity index (χ1) is 15.9. The fourth-order valence-corrected chi connectivity index (χ4v) is 3.82. The van der Waals surface area contributed by atoms with Gasteiger partial charge in [0, 0.05) is 18.8 Å². The number of aromatic nitrogens is 5. The number of aliphatic hydroxyl groups excluding tert-OH is 1. The Morgan fingerprint density at radius 1 is 1.21 bits per heavy atom. The number of halogens is 4. The molecule has 0 amide bonds. The quantitative estimate of drug-likeness (QED) is 0.473. The molecule has 0 aromatic carbocycles. The van der Waals surface area contributed by atoms with Gasteiger partial charge in [-0.15, -0.1) is 0 Å². The van der Waals surface area contributed by atoms with Gasteiger partial charge in [0.05, 0.1) is 23.9 Å². The number of pyridine rings is 1. The predicted octanol–water partition coefficient (Wildman–Crippen LogP) is 3.44. The van der Waals surface area contributed by atoms with Gasteiger partial charge in [0.25, 0.3) is 0 Å². The molecule has 184 valence electrons. The van der Waals surface area contributed by atoms with Crippen LogP contribution in [0.3, 0.4) is 0 Å². The zero-order valence-corrected chi connectivity index (χ0v) is 18.8. The highest BCUT2D eigenvalue weighted by Crippen LogP contribution is 2.36. The van der Waals surface area contributed by atoms with Crippen LogP contribution in [-0.4, -0.2) is 65.8 Å². The van der Waals surface area contributed by atoms with Gasteiger partial charge < -0.3 is 25.0 Å². The number of aliphatic hydroxyl groups is 2. The van der Waals surface area contributed by atoms with E-state index >= 15 is 0 Å². The number of rotatable bonds is 5. The number of nitrogens with zero attached hydrogens (tertiary/aromatic N) is 6. The van der Waals surface area contributed by atoms with E-state index in [2.05, 4.69) is 25.3 Å². The molecular weight excluding hydrogens is 458 g/mol. The van der Waals surface area contributed by atoms with E-state index in [1.807, 2.05) is 0 Å². The molecule has 34 heavy (non-hydrogen) atoms. The van der Waals surface area contributed by atoms with E-state index < -0.39 is 30.1 Å². The maximum atomic E-state index is 14.3. The molecule has 1 fully saturated rings. The van der Waals surface area contributed by atoms with Crippen molar-refractivity contribution in [2.75, 3.05) is 23.3 Å². The van der Waals surface area contributed by atoms with Crippen LogP contribution in [0.15, 0.2) is 24.5 Å². The summed E-state index contributed by atoms with van der Waals surface area (Å²) in [6.45, 7) is 4.07. The fourth-order valence-electron chi connectivity index (χ4n) is 3.82. The van der Waals surface area contributed by atoms with Crippen molar-refractivity contribution in [1.82, 2.24) is 24.5 Å². The molecule has 0 aliphatic carbocycles. The van der Waals surface area contributed by atoms with Crippen LogP contribution in [0, 0.1) is 0 Å². The van der Waals surface area contributed by atoms with E-state index in [0.717, 1.165) is 11.5 Å². The third kappa shape index (κ3) is 4.62. The van der Waals surface area contributed by atoms with Crippen molar-refractivity contribution in [1.29, 1.82) is 0 Å². The number of anilines is 3. The summed E-state index contributed by atoms with van der Waals surface area (Å²) in [6, 6.07) is 1.01. The van der Waals surface area contributed by atoms with E-state index in [0.29, 0.717) is 12.4 Å². The number of fused-ring (bicyclic) bond motifs is 1. The van der Waals surface area contributed by atoms with E-state index in [4.69, 9.17) is 0 Å². The highest BCUT2D eigenvalue weighted by Gasteiger charge is 2.40. The first-order valence-corrected chi connectivity index (χ1v) is 10.7. The standard InChI is InChI=1S/C21H25F4N7O2/c1-11(33)18-28-13-9-27-17(8-14(13)32(18)12(2)21(23,24)25)29-16-4-6-26-19(30-16)31-7-5-20(3,34)15(22)10-31/h4,6,8-9,11-12,15,33-34H,5,7,10H2,1-3H3,(H,26,27,29,30)/t11?,12-,15+,20-/m0/s1. The van der Waals surface area contributed by atoms with Crippen molar-refractivity contribution in [2.45, 2.75) is 57.3 Å². The average Bonchev–Trinajstić information content (AvgIpc) is 3.13. The second-order valence-electron chi connectivity index (χ2n) is 8.68. The van der Waals surface area contributed by atoms with Crippen LogP contribution in [0.5, 0.6) is 0 Å². The van der Waals surface area contributed by atoms with Crippen LogP contribution in [0.25, 0.3) is 11.0 Å². The van der Waals surface area contributed by atoms with Gasteiger partial charge in [0.15, 0.2) is 0 Å². The van der Waals surface area contributed by atoms with Crippen LogP contribution in [0.4, 0.5) is 35.1 Å². The number of piperidine rings is 1. The minimum Gasteiger partial charge on any atom is -0.387 e. The highest BCUT2D eigenvalue weighted by atomic mass is 19.4. The van der Waals surface area contributed by atoms with Crippen molar-refractivity contribution < 1.29 is 27.8 Å². The topological polar surface area (TPSA) is 112 Å². The molecule has 1 aliphatic rings. The molecule has 13 heteroatoms. The molecule has 1 aliphatic heterocycles. The smallest absolute Gasteiger partial charge is 0.387 e. The van der Waals surface area contributed by atoms with E-state index in [9.17, 15) is 27.8 Å². The van der Waals surface area contributed by atoms with Gasteiger partial charge in [-0.2, -0.15) is 18.2 Å². The Balaban J connectivity index is 1.64. The van der Waals surface area contributed by atoms with Crippen molar-refractivity contribution in [3.05, 3.63) is 30.4 Å². The Bertz CT molecular complexity index is 1180. The lowest BCUT2D eigenvalue weighted by atomic mass is 9.92. The largest absolute Gasteiger partial charge is 0.408 e. The second kappa shape index (κ2) is 8.62. The normalized spacial score (nSPS) is 23.2. The maximum Gasteiger partial charge on any atom is 0.408 e. The second-order valence-corrected chi connectivity index (χ2v) is 8.68. The zero-order valence-electron chi connectivity index (χ0n) is 18.8. The summed E-state index contributed by atoms with van der Waals surface area (Å²) < 4.78 is 55.7. The Hall–Kier alpha value is -3.06. The van der Waals surface area contributed by atoms with Gasteiger partial charge in [-0.05, 0) is 33.3 Å². The van der Waals surface area contributed by atoms with Crippen LogP contribution in [-0.2, 0) is 0 Å². The Morgan fingerprint density at radius 2 is 1.94 bits per heavy atom. The Labute approximate surface area is 192 Å². The predicted molar refractivity (Wildman–Crippen MR) is 117 cm³/mol. The Morgan fingerprint density at radius 3 is 2.59 bits per heavy atom. The van der Waals surface area contributed by atoms with Crippen LogP contribution in [0.2, 0.25) is 0 Å². The maximum absolute atomic E-state index is 14.3. The summed E-state index contributed by atoms with van der Waals surface area (Å²) in [4.78, 5) is 18.4. The average molecular weight is 483 g/mol. The molecule has 0 bridgehead atoms. The molecule has 0 radical (unpaired) electrons. The summed E-state index contributed by atoms with van der Waals surface area (Å²) in [5.41, 5.74) is -1.06. The number of hydrogen-bond donors (Lipinski definition) is 3. The lowest BCUT2D eigenvalue weighted by Gasteiger charge is -2.38. The summed E-state index contributed by atoms with van der Waals surface area (Å²) in [6.07, 6.45) is -4.26. The zero-order chi connectivity index (χ0) is 24.8. The first kappa shape index (κ1) is 24.1. The molecule has 4 rings (SSSR count). The van der Waals surface area contributed by atoms with Gasteiger partial charge in [0.1, 0.15) is 41.3 Å². The lowest BCUT2D eigenvalue weighted by Crippen LogP contribution is -2.52. The number of hydrogen-bond acceptors (Lipinski definition) is 8. The molecule has 3 aromatic heterocycles. The van der Waals surface area contributed by atoms with Crippen molar-refractivity contribution >= 4 is 28.6 Å². The molecule has 4 atom stereocenters. The molecule has 9 nitrogen and oxygen atoms in total. The number of nitrogens with one attached hydrogen (secondary N) is 1. The monoisotopic (exact) mass is 483 g/mol. The molecule has 1 saturated heterocycles. The SMILES string of the molecule is CC(O)c1nc2cnc(Nc3ccnc(N4CC[C@](C)(O)[C@H](F)C4)n3)cc2n1[C@@H](C)C(F)(F)F. The van der Waals surface area contributed by atoms with Crippen LogP contribution >= 0.6 is 0 Å². The molecule has 1 unspecified atom stereocenters. The van der Waals surface area contributed by atoms with E-state index in [1.165, 1.54) is 32.3 Å². The van der Waals surface area contributed by atoms with Gasteiger partial charge in [-0.3, -0.25) is 0 Å². The number of imidazole rings is 1. The van der Waals surface area contributed by atoms with Crippen molar-refractivity contribution in [3.8, 4) is 0 Å². The van der Waals surface area contributed by atoms with E-state index in [-0.39, 0.29) is 41.6 Å². The highest BCUT2D eigenvalue weighted by molar-refractivity contribution is 5.79. The molecule has 0 saturated carbocycles. The molecule has 0 spiro atoms. The minimum atomic E-state index is -4.55. The van der Waals surface area contributed by atoms with Crippen molar-refractivity contribution in [3.63, 3.8) is 0 Å². The van der Waals surface area contributed by atoms with Gasteiger partial charge in [-0.25, -0.2) is 19.3 Å². The Kier molecular flexibility index (Phi) is 6.10. The molecule has 3 N–H and O–H groups in total. The van der Waals surface area contributed by atoms with Crippen LogP contribution < -0.4 is 10.2 Å². The summed E-state index contributed by atoms with van der Waals surface area (Å²) >= 11 is 0. The molecule has 4 heterocycles. The molecular formula is C21H25F4N7O2. The van der Waals surface area contributed by atoms with Crippen molar-refractivity contribution in [2.24, 2.45) is 0 Å². The van der Waals surface area contributed by atoms with Gasteiger partial charge in [0.2, 0.25) is 5.95 Å². The first-order valence-electron chi connectivity index (χ1n) is 10.7. The lowest BCUT2D eigenvalue weighted by molar-refractivity contribution is -0.163. The summed E-state index contributed by atoms with van der Waals surface area (Å²) in [5.74, 6) is 0.631. The van der Waals surface area contributed by atoms with Crippen LogP contribution in [0.1, 0.15) is 45.2 Å². The molecule has 3 aromatic rings. The van der Waals surface area contributed by atoms with Gasteiger partial charge >= 0.3 is 6.18 Å². The third-order valence-electron chi connectivity index (χ3n) is 5.96. The van der Waals surface area contributed by atoms with E-state index in [1.54, 1.807) is 11.0 Å². The summed E-state index contributed by atoms with van der Waals surface area (Å²) in [5, 5.41) is 22.9.